The Kier molecular flexibility index (Phi) is 8.40. The van der Waals surface area contributed by atoms with Gasteiger partial charge in [-0.1, -0.05) is 42.5 Å². The van der Waals surface area contributed by atoms with Gasteiger partial charge in [-0.25, -0.2) is 13.1 Å². The summed E-state index contributed by atoms with van der Waals surface area (Å²) in [5, 5.41) is 12.6. The van der Waals surface area contributed by atoms with E-state index in [-0.39, 0.29) is 17.2 Å². The van der Waals surface area contributed by atoms with Gasteiger partial charge in [0.1, 0.15) is 11.9 Å². The predicted molar refractivity (Wildman–Crippen MR) is 120 cm³/mol. The van der Waals surface area contributed by atoms with Gasteiger partial charge in [0.05, 0.1) is 37.2 Å². The van der Waals surface area contributed by atoms with Crippen LogP contribution in [0, 0.1) is 0 Å². The molecule has 172 valence electrons. The van der Waals surface area contributed by atoms with Crippen LogP contribution in [0.25, 0.3) is 0 Å². The van der Waals surface area contributed by atoms with Crippen LogP contribution in [0.3, 0.4) is 0 Å². The van der Waals surface area contributed by atoms with Crippen molar-refractivity contribution in [1.29, 1.82) is 0 Å². The molecule has 0 radical (unpaired) electrons. The maximum absolute atomic E-state index is 12.7. The van der Waals surface area contributed by atoms with Gasteiger partial charge < -0.3 is 19.9 Å². The van der Waals surface area contributed by atoms with Crippen molar-refractivity contribution in [2.45, 2.75) is 36.0 Å². The molecule has 3 N–H and O–H groups in total. The second-order valence-corrected chi connectivity index (χ2v) is 9.11. The zero-order valence-corrected chi connectivity index (χ0v) is 18.6. The zero-order chi connectivity index (χ0) is 23.0. The molecule has 2 aromatic rings. The molecule has 0 aromatic heterocycles. The van der Waals surface area contributed by atoms with Gasteiger partial charge in [0.25, 0.3) is 0 Å². The van der Waals surface area contributed by atoms with Crippen molar-refractivity contribution < 1.29 is 27.8 Å². The monoisotopic (exact) mass is 460 g/mol. The number of ether oxygens (including phenoxy) is 2. The highest BCUT2D eigenvalue weighted by atomic mass is 32.2. The van der Waals surface area contributed by atoms with E-state index in [1.165, 1.54) is 19.2 Å². The summed E-state index contributed by atoms with van der Waals surface area (Å²) in [6, 6.07) is 15.1. The van der Waals surface area contributed by atoms with Crippen molar-refractivity contribution in [2.24, 2.45) is 0 Å². The average Bonchev–Trinajstić information content (AvgIpc) is 2.80. The third-order valence-corrected chi connectivity index (χ3v) is 6.56. The Bertz CT molecular complexity index is 1010. The minimum Gasteiger partial charge on any atom is -0.497 e. The second kappa shape index (κ2) is 11.2. The molecular weight excluding hydrogens is 432 g/mol. The SMILES string of the molecule is COc1ccc(S(=O)(=O)N[C@H]2C=C[C@@H](CC(=O)NCCc3ccccc3)O[C@@H]2CO)cc1. The number of benzene rings is 2. The van der Waals surface area contributed by atoms with Crippen LogP contribution in [-0.4, -0.2) is 57.9 Å². The molecule has 0 bridgehead atoms. The highest BCUT2D eigenvalue weighted by Crippen LogP contribution is 2.20. The van der Waals surface area contributed by atoms with E-state index in [9.17, 15) is 18.3 Å². The molecule has 9 heteroatoms. The smallest absolute Gasteiger partial charge is 0.241 e. The predicted octanol–water partition coefficient (Wildman–Crippen LogP) is 1.41. The topological polar surface area (TPSA) is 114 Å². The van der Waals surface area contributed by atoms with Crippen molar-refractivity contribution in [1.82, 2.24) is 10.0 Å². The van der Waals surface area contributed by atoms with Crippen molar-refractivity contribution in [3.05, 3.63) is 72.3 Å². The van der Waals surface area contributed by atoms with Gasteiger partial charge in [-0.05, 0) is 36.2 Å². The summed E-state index contributed by atoms with van der Waals surface area (Å²) in [7, 11) is -2.34. The fraction of sp³-hybridized carbons (Fsp3) is 0.348. The number of rotatable bonds is 10. The Labute approximate surface area is 188 Å². The first kappa shape index (κ1) is 23.9. The standard InChI is InChI=1S/C23H28N2O6S/c1-30-18-7-10-20(11-8-18)32(28,29)25-21-12-9-19(31-22(21)16-26)15-23(27)24-14-13-17-5-3-2-4-6-17/h2-12,19,21-22,25-26H,13-16H2,1H3,(H,24,27)/t19-,21-,22+/m0/s1. The highest BCUT2D eigenvalue weighted by Gasteiger charge is 2.31. The first-order valence-electron chi connectivity index (χ1n) is 10.3. The lowest BCUT2D eigenvalue weighted by Crippen LogP contribution is -2.49. The van der Waals surface area contributed by atoms with Gasteiger partial charge in [-0.3, -0.25) is 4.79 Å². The number of methoxy groups -OCH3 is 1. The summed E-state index contributed by atoms with van der Waals surface area (Å²) < 4.78 is 38.7. The first-order valence-corrected chi connectivity index (χ1v) is 11.8. The summed E-state index contributed by atoms with van der Waals surface area (Å²) in [5.74, 6) is 0.368. The summed E-state index contributed by atoms with van der Waals surface area (Å²) in [4.78, 5) is 12.3. The van der Waals surface area contributed by atoms with Gasteiger partial charge in [0.2, 0.25) is 15.9 Å². The quantitative estimate of drug-likeness (QED) is 0.462. The van der Waals surface area contributed by atoms with E-state index in [1.807, 2.05) is 30.3 Å². The average molecular weight is 461 g/mol. The van der Waals surface area contributed by atoms with E-state index in [1.54, 1.807) is 24.3 Å². The van der Waals surface area contributed by atoms with E-state index < -0.39 is 34.9 Å². The molecule has 0 saturated carbocycles. The van der Waals surface area contributed by atoms with Crippen LogP contribution >= 0.6 is 0 Å². The molecule has 3 atom stereocenters. The van der Waals surface area contributed by atoms with Crippen molar-refractivity contribution in [2.75, 3.05) is 20.3 Å². The zero-order valence-electron chi connectivity index (χ0n) is 17.8. The molecule has 1 heterocycles. The molecule has 1 aliphatic heterocycles. The Morgan fingerprint density at radius 3 is 2.47 bits per heavy atom. The largest absolute Gasteiger partial charge is 0.497 e. The number of nitrogens with one attached hydrogen (secondary N) is 2. The van der Waals surface area contributed by atoms with Crippen LogP contribution in [0.2, 0.25) is 0 Å². The molecule has 0 saturated heterocycles. The molecule has 1 aliphatic rings. The summed E-state index contributed by atoms with van der Waals surface area (Å²) in [6.45, 7) is 0.110. The summed E-state index contributed by atoms with van der Waals surface area (Å²) in [5.41, 5.74) is 1.13. The molecular formula is C23H28N2O6S. The third kappa shape index (κ3) is 6.64. The lowest BCUT2D eigenvalue weighted by Gasteiger charge is -2.31. The number of sulfonamides is 1. The minimum atomic E-state index is -3.83. The molecule has 0 unspecified atom stereocenters. The van der Waals surface area contributed by atoms with E-state index in [4.69, 9.17) is 9.47 Å². The Morgan fingerprint density at radius 1 is 1.09 bits per heavy atom. The molecule has 2 aromatic carbocycles. The highest BCUT2D eigenvalue weighted by molar-refractivity contribution is 7.89. The van der Waals surface area contributed by atoms with Gasteiger partial charge in [0.15, 0.2) is 0 Å². The molecule has 0 aliphatic carbocycles. The number of aliphatic hydroxyl groups excluding tert-OH is 1. The van der Waals surface area contributed by atoms with Crippen LogP contribution in [0.1, 0.15) is 12.0 Å². The van der Waals surface area contributed by atoms with E-state index in [0.717, 1.165) is 12.0 Å². The summed E-state index contributed by atoms with van der Waals surface area (Å²) >= 11 is 0. The Hall–Kier alpha value is -2.72. The van der Waals surface area contributed by atoms with Crippen molar-refractivity contribution in [3.8, 4) is 5.75 Å². The molecule has 3 rings (SSSR count). The fourth-order valence-electron chi connectivity index (χ4n) is 3.36. The van der Waals surface area contributed by atoms with Crippen LogP contribution < -0.4 is 14.8 Å². The van der Waals surface area contributed by atoms with Crippen LogP contribution in [-0.2, 0) is 26.0 Å². The number of hydrogen-bond acceptors (Lipinski definition) is 6. The van der Waals surface area contributed by atoms with E-state index in [0.29, 0.717) is 12.3 Å². The maximum atomic E-state index is 12.7. The third-order valence-electron chi connectivity index (χ3n) is 5.09. The normalized spacial score (nSPS) is 20.6. The van der Waals surface area contributed by atoms with Crippen LogP contribution in [0.15, 0.2) is 71.6 Å². The second-order valence-electron chi connectivity index (χ2n) is 7.39. The summed E-state index contributed by atoms with van der Waals surface area (Å²) in [6.07, 6.45) is 2.71. The maximum Gasteiger partial charge on any atom is 0.241 e. The van der Waals surface area contributed by atoms with Gasteiger partial charge in [-0.2, -0.15) is 0 Å². The Morgan fingerprint density at radius 2 is 1.81 bits per heavy atom. The number of hydrogen-bond donors (Lipinski definition) is 3. The van der Waals surface area contributed by atoms with Gasteiger partial charge >= 0.3 is 0 Å². The molecule has 1 amide bonds. The van der Waals surface area contributed by atoms with Crippen molar-refractivity contribution >= 4 is 15.9 Å². The molecule has 0 spiro atoms. The van der Waals surface area contributed by atoms with Crippen molar-refractivity contribution in [3.63, 3.8) is 0 Å². The number of aliphatic hydroxyl groups is 1. The molecule has 8 nitrogen and oxygen atoms in total. The van der Waals surface area contributed by atoms with Crippen LogP contribution in [0.4, 0.5) is 0 Å². The lowest BCUT2D eigenvalue weighted by atomic mass is 10.1. The number of carbonyl (C=O) groups excluding carboxylic acids is 1. The lowest BCUT2D eigenvalue weighted by molar-refractivity contribution is -0.125. The number of amides is 1. The van der Waals surface area contributed by atoms with Crippen LogP contribution in [0.5, 0.6) is 5.75 Å². The minimum absolute atomic E-state index is 0.0725. The van der Waals surface area contributed by atoms with Gasteiger partial charge in [-0.15, -0.1) is 0 Å². The first-order chi connectivity index (χ1) is 15.4. The van der Waals surface area contributed by atoms with Gasteiger partial charge in [0, 0.05) is 6.54 Å². The Balaban J connectivity index is 1.53. The molecule has 32 heavy (non-hydrogen) atoms. The van der Waals surface area contributed by atoms with E-state index >= 15 is 0 Å². The number of carbonyl (C=O) groups is 1. The van der Waals surface area contributed by atoms with E-state index in [2.05, 4.69) is 10.0 Å². The fourth-order valence-corrected chi connectivity index (χ4v) is 4.58. The molecule has 0 fully saturated rings.